The number of aryl methyl sites for hydroxylation is 1. The van der Waals surface area contributed by atoms with Crippen LogP contribution in [0, 0.1) is 12.8 Å². The topological polar surface area (TPSA) is 73.3 Å². The summed E-state index contributed by atoms with van der Waals surface area (Å²) >= 11 is 0. The van der Waals surface area contributed by atoms with Crippen LogP contribution in [0.3, 0.4) is 0 Å². The van der Waals surface area contributed by atoms with Gasteiger partial charge in [0, 0.05) is 43.8 Å². The fourth-order valence-corrected chi connectivity index (χ4v) is 3.00. The molecule has 0 aliphatic heterocycles. The Hall–Kier alpha value is -1.41. The van der Waals surface area contributed by atoms with Gasteiger partial charge in [-0.1, -0.05) is 12.8 Å². The van der Waals surface area contributed by atoms with Crippen LogP contribution in [0.4, 0.5) is 5.69 Å². The Morgan fingerprint density at radius 2 is 2.19 bits per heavy atom. The molecule has 1 heterocycles. The minimum absolute atomic E-state index is 0. The van der Waals surface area contributed by atoms with E-state index in [9.17, 15) is 9.59 Å². The minimum Gasteiger partial charge on any atom is -0.542 e. The van der Waals surface area contributed by atoms with E-state index in [1.54, 1.807) is 6.07 Å². The first-order valence-corrected chi connectivity index (χ1v) is 6.73. The molecule has 1 aliphatic rings. The maximum atomic E-state index is 11.9. The fourth-order valence-electron chi connectivity index (χ4n) is 3.00. The van der Waals surface area contributed by atoms with Crippen molar-refractivity contribution >= 4 is 22.9 Å². The molecule has 3 rings (SSSR count). The summed E-state index contributed by atoms with van der Waals surface area (Å²) in [5.74, 6) is 0.406. The third-order valence-corrected chi connectivity index (χ3v) is 4.32. The maximum absolute atomic E-state index is 11.9. The Labute approximate surface area is 137 Å². The number of anilines is 1. The van der Waals surface area contributed by atoms with Gasteiger partial charge in [0.1, 0.15) is 5.58 Å². The summed E-state index contributed by atoms with van der Waals surface area (Å²) in [5, 5.41) is 0.945. The molecule has 2 aromatic rings. The summed E-state index contributed by atoms with van der Waals surface area (Å²) in [6.45, 7) is 3.95. The number of rotatable bonds is 3. The molecule has 0 bridgehead atoms. The van der Waals surface area contributed by atoms with Crippen LogP contribution in [0.15, 0.2) is 21.3 Å². The molecule has 1 aromatic carbocycles. The van der Waals surface area contributed by atoms with E-state index in [1.165, 1.54) is 0 Å². The minimum atomic E-state index is -0.283. The van der Waals surface area contributed by atoms with Crippen molar-refractivity contribution in [2.45, 2.75) is 32.6 Å². The van der Waals surface area contributed by atoms with E-state index in [0.29, 0.717) is 24.1 Å². The molecule has 0 saturated heterocycles. The molecule has 1 aromatic heterocycles. The van der Waals surface area contributed by atoms with Crippen molar-refractivity contribution in [3.8, 4) is 0 Å². The van der Waals surface area contributed by atoms with Crippen molar-refractivity contribution in [1.82, 2.24) is 0 Å². The van der Waals surface area contributed by atoms with E-state index in [2.05, 4.69) is 0 Å². The van der Waals surface area contributed by atoms with Crippen molar-refractivity contribution in [3.05, 3.63) is 39.2 Å². The van der Waals surface area contributed by atoms with E-state index in [0.717, 1.165) is 22.1 Å². The predicted molar refractivity (Wildman–Crippen MR) is 77.6 cm³/mol. The maximum Gasteiger partial charge on any atom is 0.339 e. The van der Waals surface area contributed by atoms with Gasteiger partial charge >= 0.3 is 5.63 Å². The molecule has 0 fully saturated rings. The monoisotopic (exact) mass is 454 g/mol. The zero-order valence-electron chi connectivity index (χ0n) is 11.9. The van der Waals surface area contributed by atoms with Gasteiger partial charge in [0.05, 0.1) is 0 Å². The molecule has 0 amide bonds. The van der Waals surface area contributed by atoms with Gasteiger partial charge in [0.15, 0.2) is 0 Å². The number of nitrogen functional groups attached to an aromatic ring is 1. The van der Waals surface area contributed by atoms with Gasteiger partial charge in [-0.25, -0.2) is 4.79 Å². The van der Waals surface area contributed by atoms with Crippen molar-refractivity contribution < 1.29 is 30.3 Å². The largest absolute Gasteiger partial charge is 0.542 e. The first-order chi connectivity index (χ1) is 9.52. The van der Waals surface area contributed by atoms with Crippen LogP contribution >= 0.6 is 0 Å². The molecule has 21 heavy (non-hydrogen) atoms. The zero-order chi connectivity index (χ0) is 14.4. The van der Waals surface area contributed by atoms with Crippen LogP contribution in [0.5, 0.6) is 0 Å². The first-order valence-electron chi connectivity index (χ1n) is 6.73. The molecule has 0 radical (unpaired) electrons. The number of hydrogen-bond acceptors (Lipinski definition) is 4. The molecule has 2 atom stereocenters. The van der Waals surface area contributed by atoms with Crippen molar-refractivity contribution in [1.29, 1.82) is 0 Å². The van der Waals surface area contributed by atoms with Crippen molar-refractivity contribution in [2.75, 3.05) is 5.73 Å². The number of nitrogens with two attached hydrogens (primary N) is 1. The molecule has 4 nitrogen and oxygen atoms in total. The predicted octanol–water partition coefficient (Wildman–Crippen LogP) is 2.46. The molecule has 2 unspecified atom stereocenters. The zero-order valence-corrected chi connectivity index (χ0v) is 14.9. The van der Waals surface area contributed by atoms with Gasteiger partial charge in [-0.15, -0.1) is 6.42 Å². The average molecular weight is 454 g/mol. The smallest absolute Gasteiger partial charge is 0.339 e. The summed E-state index contributed by atoms with van der Waals surface area (Å²) in [4.78, 5) is 22.5. The summed E-state index contributed by atoms with van der Waals surface area (Å²) in [6.07, 6.45) is 3.03. The second-order valence-electron chi connectivity index (χ2n) is 5.62. The number of fused-ring (bicyclic) bond motifs is 3. The molecule has 0 spiro atoms. The van der Waals surface area contributed by atoms with Crippen LogP contribution in [0.2, 0.25) is 0 Å². The number of carbonyl (C=O) groups excluding carboxylic acids is 1. The Balaban J connectivity index is 0.00000161. The summed E-state index contributed by atoms with van der Waals surface area (Å²) in [6, 6.07) is 3.67. The summed E-state index contributed by atoms with van der Waals surface area (Å²) in [5.41, 5.74) is 9.47. The molecular weight excluding hydrogens is 438 g/mol. The molecular formula is C16H16NO3W-. The van der Waals surface area contributed by atoms with Gasteiger partial charge in [-0.2, -0.15) is 0 Å². The van der Waals surface area contributed by atoms with Gasteiger partial charge in [-0.3, -0.25) is 6.29 Å². The summed E-state index contributed by atoms with van der Waals surface area (Å²) < 4.78 is 5.34. The molecule has 1 aliphatic carbocycles. The third-order valence-electron chi connectivity index (χ3n) is 4.32. The first kappa shape index (κ1) is 16.0. The second-order valence-corrected chi connectivity index (χ2v) is 5.62. The van der Waals surface area contributed by atoms with Gasteiger partial charge in [0.25, 0.3) is 0 Å². The van der Waals surface area contributed by atoms with E-state index in [1.807, 2.05) is 26.2 Å². The number of benzene rings is 1. The van der Waals surface area contributed by atoms with Crippen LogP contribution in [-0.4, -0.2) is 6.29 Å². The Morgan fingerprint density at radius 3 is 2.86 bits per heavy atom. The second kappa shape index (κ2) is 5.76. The quantitative estimate of drug-likeness (QED) is 0.440. The third kappa shape index (κ3) is 2.46. The Bertz CT molecular complexity index is 766. The van der Waals surface area contributed by atoms with Gasteiger partial charge in [-0.05, 0) is 36.5 Å². The van der Waals surface area contributed by atoms with E-state index in [-0.39, 0.29) is 38.5 Å². The van der Waals surface area contributed by atoms with E-state index < -0.39 is 0 Å². The van der Waals surface area contributed by atoms with Crippen LogP contribution in [-0.2, 0) is 32.3 Å². The summed E-state index contributed by atoms with van der Waals surface area (Å²) in [7, 11) is 0. The fraction of sp³-hybridized carbons (Fsp3) is 0.375. The van der Waals surface area contributed by atoms with Crippen molar-refractivity contribution in [2.24, 2.45) is 5.92 Å². The van der Waals surface area contributed by atoms with Crippen LogP contribution in [0.25, 0.3) is 11.0 Å². The molecule has 110 valence electrons. The standard InChI is InChI=1S/C16H16NO3.W/c1-8(3-4-18)10-6-12-15(10)11-5-9(2)13(17)7-14(11)20-16(12)19;/h5,7-8,10H,3,6,17H2,1-2H3;/q-1;. The normalized spacial score (nSPS) is 17.5. The Morgan fingerprint density at radius 1 is 1.48 bits per heavy atom. The van der Waals surface area contributed by atoms with E-state index >= 15 is 0 Å². The van der Waals surface area contributed by atoms with E-state index in [4.69, 9.17) is 10.2 Å². The van der Waals surface area contributed by atoms with Crippen LogP contribution < -0.4 is 11.4 Å². The molecule has 2 N–H and O–H groups in total. The Kier molecular flexibility index (Phi) is 4.38. The van der Waals surface area contributed by atoms with Gasteiger partial charge < -0.3 is 14.9 Å². The molecule has 0 saturated carbocycles. The average Bonchev–Trinajstić information content (AvgIpc) is 2.33. The number of hydrogen-bond donors (Lipinski definition) is 1. The van der Waals surface area contributed by atoms with Crippen molar-refractivity contribution in [3.63, 3.8) is 0 Å². The molecule has 5 heteroatoms. The SMILES string of the molecule is Cc1cc2c3c(c(=O)oc2cc1N)CC3C(C)C[C-]=O.[W]. The van der Waals surface area contributed by atoms with Gasteiger partial charge in [0.2, 0.25) is 0 Å². The van der Waals surface area contributed by atoms with Crippen LogP contribution in [0.1, 0.15) is 36.0 Å².